The molecule has 1 N–H and O–H groups in total. The van der Waals surface area contributed by atoms with E-state index in [2.05, 4.69) is 33.9 Å². The number of hydrogen-bond acceptors (Lipinski definition) is 7. The van der Waals surface area contributed by atoms with Crippen molar-refractivity contribution in [3.8, 4) is 0 Å². The summed E-state index contributed by atoms with van der Waals surface area (Å²) >= 11 is 1.69. The summed E-state index contributed by atoms with van der Waals surface area (Å²) in [6.07, 6.45) is 4.17. The topological polar surface area (TPSA) is 91.0 Å². The number of nitrogens with zero attached hydrogens (tertiary/aromatic N) is 5. The molecule has 0 spiro atoms. The molecule has 0 atom stereocenters. The molecule has 0 radical (unpaired) electrons. The minimum Gasteiger partial charge on any atom is -0.478 e. The van der Waals surface area contributed by atoms with Crippen LogP contribution in [0, 0.1) is 5.92 Å². The maximum Gasteiger partial charge on any atom is 0.335 e. The van der Waals surface area contributed by atoms with E-state index in [0.717, 1.165) is 79.2 Å². The summed E-state index contributed by atoms with van der Waals surface area (Å²) in [5, 5.41) is 9.54. The van der Waals surface area contributed by atoms with Gasteiger partial charge in [-0.1, -0.05) is 23.9 Å². The molecule has 9 nitrogen and oxygen atoms in total. The number of rotatable bonds is 9. The van der Waals surface area contributed by atoms with E-state index in [1.54, 1.807) is 41.6 Å². The van der Waals surface area contributed by atoms with Crippen molar-refractivity contribution in [2.75, 3.05) is 49.6 Å². The first kappa shape index (κ1) is 28.0. The highest BCUT2D eigenvalue weighted by Gasteiger charge is 2.25. The van der Waals surface area contributed by atoms with Gasteiger partial charge in [-0.15, -0.1) is 0 Å². The SMILES string of the molecule is CN(CCCN1c2ccccc2Sc2ccc(C(=O)O)cc21)CCC1CCN(c2cc(=O)n(C)c(=O)n2C)CC1. The predicted octanol–water partition coefficient (Wildman–Crippen LogP) is 4.01. The molecule has 1 saturated heterocycles. The fraction of sp³-hybridized carbons (Fsp3) is 0.433. The highest BCUT2D eigenvalue weighted by molar-refractivity contribution is 7.99. The molecule has 0 unspecified atom stereocenters. The van der Waals surface area contributed by atoms with E-state index in [1.807, 2.05) is 18.2 Å². The van der Waals surface area contributed by atoms with Gasteiger partial charge in [0.1, 0.15) is 5.82 Å². The number of carboxylic acid groups (broad SMARTS) is 1. The minimum atomic E-state index is -0.908. The molecule has 0 aliphatic carbocycles. The molecule has 0 bridgehead atoms. The molecule has 3 aromatic rings. The van der Waals surface area contributed by atoms with Crippen molar-refractivity contribution in [1.82, 2.24) is 14.0 Å². The monoisotopic (exact) mass is 563 g/mol. The second kappa shape index (κ2) is 11.9. The third kappa shape index (κ3) is 5.83. The van der Waals surface area contributed by atoms with Gasteiger partial charge in [-0.3, -0.25) is 13.9 Å². The van der Waals surface area contributed by atoms with Crippen LogP contribution in [0.4, 0.5) is 17.2 Å². The van der Waals surface area contributed by atoms with Crippen LogP contribution in [0.2, 0.25) is 0 Å². The maximum absolute atomic E-state index is 12.3. The van der Waals surface area contributed by atoms with Gasteiger partial charge < -0.3 is 19.8 Å². The molecule has 212 valence electrons. The Balaban J connectivity index is 1.13. The van der Waals surface area contributed by atoms with Crippen LogP contribution in [0.5, 0.6) is 0 Å². The molecule has 2 aliphatic heterocycles. The van der Waals surface area contributed by atoms with Crippen LogP contribution in [-0.2, 0) is 14.1 Å². The molecule has 3 heterocycles. The van der Waals surface area contributed by atoms with Crippen molar-refractivity contribution in [3.05, 3.63) is 74.9 Å². The van der Waals surface area contributed by atoms with Gasteiger partial charge in [0.2, 0.25) is 0 Å². The van der Waals surface area contributed by atoms with Crippen molar-refractivity contribution < 1.29 is 9.90 Å². The van der Waals surface area contributed by atoms with Crippen molar-refractivity contribution >= 4 is 34.9 Å². The Morgan fingerprint density at radius 1 is 0.975 bits per heavy atom. The lowest BCUT2D eigenvalue weighted by Gasteiger charge is -2.35. The number of carboxylic acids is 1. The Kier molecular flexibility index (Phi) is 8.37. The largest absolute Gasteiger partial charge is 0.478 e. The molecular weight excluding hydrogens is 526 g/mol. The lowest BCUT2D eigenvalue weighted by molar-refractivity contribution is 0.0697. The second-order valence-corrected chi connectivity index (χ2v) is 11.9. The van der Waals surface area contributed by atoms with Gasteiger partial charge in [-0.25, -0.2) is 9.59 Å². The fourth-order valence-electron chi connectivity index (χ4n) is 5.69. The van der Waals surface area contributed by atoms with E-state index >= 15 is 0 Å². The zero-order chi connectivity index (χ0) is 28.4. The molecule has 5 rings (SSSR count). The third-order valence-corrected chi connectivity index (χ3v) is 9.28. The van der Waals surface area contributed by atoms with Gasteiger partial charge in [0.15, 0.2) is 0 Å². The van der Waals surface area contributed by atoms with Crippen LogP contribution in [0.1, 0.15) is 36.0 Å². The zero-order valence-electron chi connectivity index (χ0n) is 23.4. The first-order valence-electron chi connectivity index (χ1n) is 13.8. The summed E-state index contributed by atoms with van der Waals surface area (Å²) in [4.78, 5) is 45.2. The van der Waals surface area contributed by atoms with Crippen molar-refractivity contribution in [2.24, 2.45) is 20.0 Å². The standard InChI is InChI=1S/C30H37N5O4S/c1-31(16-11-21-12-17-34(18-13-21)27-20-28(36)33(3)30(39)32(27)2)14-6-15-35-23-7-4-5-8-25(23)40-26-10-9-22(29(37)38)19-24(26)35/h4-5,7-10,19-21H,6,11-18H2,1-3H3,(H,37,38). The van der Waals surface area contributed by atoms with E-state index in [0.29, 0.717) is 17.3 Å². The molecule has 40 heavy (non-hydrogen) atoms. The Hall–Kier alpha value is -3.50. The van der Waals surface area contributed by atoms with Crippen molar-refractivity contribution in [3.63, 3.8) is 0 Å². The number of fused-ring (bicyclic) bond motifs is 2. The summed E-state index contributed by atoms with van der Waals surface area (Å²) in [6.45, 7) is 4.47. The minimum absolute atomic E-state index is 0.264. The molecule has 1 aromatic heterocycles. The van der Waals surface area contributed by atoms with Crippen LogP contribution in [-0.4, -0.2) is 64.9 Å². The molecule has 10 heteroatoms. The van der Waals surface area contributed by atoms with E-state index in [-0.39, 0.29) is 11.2 Å². The van der Waals surface area contributed by atoms with Gasteiger partial charge >= 0.3 is 11.7 Å². The van der Waals surface area contributed by atoms with Crippen LogP contribution >= 0.6 is 11.8 Å². The second-order valence-electron chi connectivity index (χ2n) is 10.8. The van der Waals surface area contributed by atoms with E-state index in [1.165, 1.54) is 11.9 Å². The number of aromatic nitrogens is 2. The van der Waals surface area contributed by atoms with Crippen LogP contribution in [0.15, 0.2) is 67.9 Å². The Morgan fingerprint density at radius 3 is 2.45 bits per heavy atom. The molecule has 0 amide bonds. The van der Waals surface area contributed by atoms with Gasteiger partial charge in [0.05, 0.1) is 16.9 Å². The number of aromatic carboxylic acids is 1. The number of benzene rings is 2. The highest BCUT2D eigenvalue weighted by atomic mass is 32.2. The number of anilines is 3. The normalized spacial score (nSPS) is 15.3. The Bertz CT molecular complexity index is 1510. The molecule has 0 saturated carbocycles. The first-order chi connectivity index (χ1) is 19.2. The van der Waals surface area contributed by atoms with Gasteiger partial charge in [-0.05, 0) is 82.1 Å². The molecular formula is C30H37N5O4S. The third-order valence-electron chi connectivity index (χ3n) is 8.15. The zero-order valence-corrected chi connectivity index (χ0v) is 24.2. The van der Waals surface area contributed by atoms with Crippen molar-refractivity contribution in [2.45, 2.75) is 35.5 Å². The number of piperidine rings is 1. The summed E-state index contributed by atoms with van der Waals surface area (Å²) in [5.41, 5.74) is 1.85. The van der Waals surface area contributed by atoms with Gasteiger partial charge in [0.25, 0.3) is 5.56 Å². The summed E-state index contributed by atoms with van der Waals surface area (Å²) in [7, 11) is 5.40. The average molecular weight is 564 g/mol. The average Bonchev–Trinajstić information content (AvgIpc) is 2.96. The summed E-state index contributed by atoms with van der Waals surface area (Å²) in [6, 6.07) is 15.3. The van der Waals surface area contributed by atoms with Crippen LogP contribution < -0.4 is 21.0 Å². The van der Waals surface area contributed by atoms with Crippen LogP contribution in [0.25, 0.3) is 0 Å². The Labute approximate surface area is 238 Å². The van der Waals surface area contributed by atoms with Crippen molar-refractivity contribution in [1.29, 1.82) is 0 Å². The summed E-state index contributed by atoms with van der Waals surface area (Å²) < 4.78 is 2.71. The fourth-order valence-corrected chi connectivity index (χ4v) is 6.77. The van der Waals surface area contributed by atoms with E-state index < -0.39 is 5.97 Å². The van der Waals surface area contributed by atoms with Crippen LogP contribution in [0.3, 0.4) is 0 Å². The molecule has 2 aliphatic rings. The quantitative estimate of drug-likeness (QED) is 0.418. The first-order valence-corrected chi connectivity index (χ1v) is 14.7. The Morgan fingerprint density at radius 2 is 1.70 bits per heavy atom. The lowest BCUT2D eigenvalue weighted by Crippen LogP contribution is -2.43. The van der Waals surface area contributed by atoms with Gasteiger partial charge in [-0.2, -0.15) is 0 Å². The van der Waals surface area contributed by atoms with Gasteiger partial charge in [0, 0.05) is 49.6 Å². The number of para-hydroxylation sites is 1. The van der Waals surface area contributed by atoms with E-state index in [4.69, 9.17) is 0 Å². The molecule has 2 aromatic carbocycles. The molecule has 1 fully saturated rings. The lowest BCUT2D eigenvalue weighted by atomic mass is 9.93. The highest BCUT2D eigenvalue weighted by Crippen LogP contribution is 2.48. The number of carbonyl (C=O) groups is 1. The predicted molar refractivity (Wildman–Crippen MR) is 160 cm³/mol. The van der Waals surface area contributed by atoms with E-state index in [9.17, 15) is 19.5 Å². The summed E-state index contributed by atoms with van der Waals surface area (Å²) in [5.74, 6) is 0.419. The maximum atomic E-state index is 12.3. The number of hydrogen-bond donors (Lipinski definition) is 1. The smallest absolute Gasteiger partial charge is 0.335 e.